The van der Waals surface area contributed by atoms with E-state index in [2.05, 4.69) is 17.2 Å². The van der Waals surface area contributed by atoms with Gasteiger partial charge in [0, 0.05) is 20.6 Å². The van der Waals surface area contributed by atoms with Crippen molar-refractivity contribution in [3.05, 3.63) is 22.8 Å². The van der Waals surface area contributed by atoms with E-state index in [1.807, 2.05) is 0 Å². The van der Waals surface area contributed by atoms with Crippen molar-refractivity contribution < 1.29 is 4.79 Å². The molecule has 0 saturated carbocycles. The Balaban J connectivity index is 2.87. The van der Waals surface area contributed by atoms with Gasteiger partial charge in [-0.1, -0.05) is 24.9 Å². The molecule has 1 aromatic rings. The Morgan fingerprint density at radius 1 is 1.53 bits per heavy atom. The molecule has 0 aromatic carbocycles. The van der Waals surface area contributed by atoms with Gasteiger partial charge in [-0.25, -0.2) is 4.98 Å². The van der Waals surface area contributed by atoms with Crippen molar-refractivity contribution in [2.75, 3.05) is 26.0 Å². The van der Waals surface area contributed by atoms with Crippen molar-refractivity contribution in [1.29, 1.82) is 0 Å². The average Bonchev–Trinajstić information content (AvgIpc) is 2.35. The van der Waals surface area contributed by atoms with Crippen molar-refractivity contribution in [2.45, 2.75) is 19.8 Å². The molecule has 1 heterocycles. The molecule has 0 spiro atoms. The van der Waals surface area contributed by atoms with Gasteiger partial charge in [0.2, 0.25) is 0 Å². The van der Waals surface area contributed by atoms with E-state index in [4.69, 9.17) is 11.6 Å². The van der Waals surface area contributed by atoms with Crippen molar-refractivity contribution in [1.82, 2.24) is 9.88 Å². The van der Waals surface area contributed by atoms with E-state index in [0.29, 0.717) is 16.5 Å². The number of aromatic nitrogens is 1. The summed E-state index contributed by atoms with van der Waals surface area (Å²) in [5.41, 5.74) is 0.303. The van der Waals surface area contributed by atoms with Crippen molar-refractivity contribution in [3.63, 3.8) is 0 Å². The third-order valence-electron chi connectivity index (χ3n) is 2.50. The van der Waals surface area contributed by atoms with E-state index in [1.165, 1.54) is 0 Å². The number of halogens is 1. The van der Waals surface area contributed by atoms with Gasteiger partial charge in [-0.2, -0.15) is 0 Å². The van der Waals surface area contributed by atoms with Gasteiger partial charge in [0.1, 0.15) is 11.5 Å². The van der Waals surface area contributed by atoms with Crippen LogP contribution in [0.25, 0.3) is 0 Å². The highest BCUT2D eigenvalue weighted by Gasteiger charge is 2.16. The molecule has 0 aliphatic heterocycles. The zero-order valence-corrected chi connectivity index (χ0v) is 11.2. The first kappa shape index (κ1) is 13.8. The molecule has 5 heteroatoms. The number of anilines is 1. The monoisotopic (exact) mass is 255 g/mol. The van der Waals surface area contributed by atoms with Crippen molar-refractivity contribution >= 4 is 23.3 Å². The molecule has 0 radical (unpaired) electrons. The molecule has 0 unspecified atom stereocenters. The molecule has 4 nitrogen and oxygen atoms in total. The number of pyridine rings is 1. The van der Waals surface area contributed by atoms with Gasteiger partial charge >= 0.3 is 0 Å². The first-order chi connectivity index (χ1) is 8.10. The van der Waals surface area contributed by atoms with E-state index >= 15 is 0 Å². The quantitative estimate of drug-likeness (QED) is 0.880. The third-order valence-corrected chi connectivity index (χ3v) is 2.80. The maximum Gasteiger partial charge on any atom is 0.273 e. The fraction of sp³-hybridized carbons (Fsp3) is 0.500. The number of nitrogens with one attached hydrogen (secondary N) is 1. The smallest absolute Gasteiger partial charge is 0.273 e. The van der Waals surface area contributed by atoms with Crippen molar-refractivity contribution in [3.8, 4) is 0 Å². The zero-order valence-electron chi connectivity index (χ0n) is 10.5. The van der Waals surface area contributed by atoms with Crippen LogP contribution < -0.4 is 5.32 Å². The van der Waals surface area contributed by atoms with Gasteiger partial charge in [0.25, 0.3) is 5.91 Å². The predicted molar refractivity (Wildman–Crippen MR) is 70.7 cm³/mol. The highest BCUT2D eigenvalue weighted by molar-refractivity contribution is 6.33. The number of hydrogen-bond donors (Lipinski definition) is 1. The minimum atomic E-state index is -0.138. The van der Waals surface area contributed by atoms with E-state index in [0.717, 1.165) is 19.4 Å². The second-order valence-electron chi connectivity index (χ2n) is 3.86. The fourth-order valence-corrected chi connectivity index (χ4v) is 1.60. The summed E-state index contributed by atoms with van der Waals surface area (Å²) in [6, 6.07) is 3.42. The first-order valence-electron chi connectivity index (χ1n) is 5.70. The Morgan fingerprint density at radius 2 is 2.24 bits per heavy atom. The molecular formula is C12H18ClN3O. The standard InChI is InChI=1S/C12H18ClN3O/c1-4-5-8-16(3)12(17)11-9(13)6-7-10(14-2)15-11/h6-7H,4-5,8H2,1-3H3,(H,14,15). The highest BCUT2D eigenvalue weighted by Crippen LogP contribution is 2.18. The number of nitrogens with zero attached hydrogens (tertiary/aromatic N) is 2. The summed E-state index contributed by atoms with van der Waals surface area (Å²) in [7, 11) is 3.52. The van der Waals surface area contributed by atoms with Crippen LogP contribution in [0, 0.1) is 0 Å². The average molecular weight is 256 g/mol. The summed E-state index contributed by atoms with van der Waals surface area (Å²) >= 11 is 5.99. The van der Waals surface area contributed by atoms with Crippen molar-refractivity contribution in [2.24, 2.45) is 0 Å². The van der Waals surface area contributed by atoms with Gasteiger partial charge in [0.05, 0.1) is 5.02 Å². The lowest BCUT2D eigenvalue weighted by Gasteiger charge is -2.17. The number of unbranched alkanes of at least 4 members (excludes halogenated alkanes) is 1. The van der Waals surface area contributed by atoms with Crippen LogP contribution in [0.4, 0.5) is 5.82 Å². The summed E-state index contributed by atoms with van der Waals surface area (Å²) in [6.07, 6.45) is 2.03. The molecule has 1 N–H and O–H groups in total. The van der Waals surface area contributed by atoms with Gasteiger partial charge in [-0.05, 0) is 18.6 Å². The fourth-order valence-electron chi connectivity index (χ4n) is 1.41. The third kappa shape index (κ3) is 3.60. The maximum absolute atomic E-state index is 12.1. The van der Waals surface area contributed by atoms with Crippen LogP contribution >= 0.6 is 11.6 Å². The van der Waals surface area contributed by atoms with Gasteiger partial charge in [-0.3, -0.25) is 4.79 Å². The molecule has 0 bridgehead atoms. The van der Waals surface area contributed by atoms with Gasteiger partial charge < -0.3 is 10.2 Å². The maximum atomic E-state index is 12.1. The van der Waals surface area contributed by atoms with Crippen LogP contribution in [0.5, 0.6) is 0 Å². The molecule has 1 aromatic heterocycles. The second kappa shape index (κ2) is 6.45. The van der Waals surface area contributed by atoms with E-state index < -0.39 is 0 Å². The summed E-state index contributed by atoms with van der Waals surface area (Å²) in [5.74, 6) is 0.502. The number of carbonyl (C=O) groups excluding carboxylic acids is 1. The Kier molecular flexibility index (Phi) is 5.22. The topological polar surface area (TPSA) is 45.2 Å². The molecule has 0 atom stereocenters. The Morgan fingerprint density at radius 3 is 2.82 bits per heavy atom. The molecule has 94 valence electrons. The minimum Gasteiger partial charge on any atom is -0.373 e. The minimum absolute atomic E-state index is 0.138. The Labute approximate surface area is 107 Å². The lowest BCUT2D eigenvalue weighted by atomic mass is 10.2. The SMILES string of the molecule is CCCCN(C)C(=O)c1nc(NC)ccc1Cl. The molecule has 1 amide bonds. The predicted octanol–water partition coefficient (Wildman–Crippen LogP) is 2.65. The summed E-state index contributed by atoms with van der Waals surface area (Å²) < 4.78 is 0. The molecule has 0 aliphatic carbocycles. The molecule has 0 fully saturated rings. The Bertz CT molecular complexity index is 395. The zero-order chi connectivity index (χ0) is 12.8. The van der Waals surface area contributed by atoms with Gasteiger partial charge in [-0.15, -0.1) is 0 Å². The molecule has 1 rings (SSSR count). The number of carbonyl (C=O) groups is 1. The highest BCUT2D eigenvalue weighted by atomic mass is 35.5. The normalized spacial score (nSPS) is 10.1. The molecule has 17 heavy (non-hydrogen) atoms. The molecule has 0 saturated heterocycles. The van der Waals surface area contributed by atoms with E-state index in [9.17, 15) is 4.79 Å². The second-order valence-corrected chi connectivity index (χ2v) is 4.26. The largest absolute Gasteiger partial charge is 0.373 e. The first-order valence-corrected chi connectivity index (χ1v) is 6.07. The summed E-state index contributed by atoms with van der Waals surface area (Å²) in [5, 5.41) is 3.28. The molecule has 0 aliphatic rings. The lowest BCUT2D eigenvalue weighted by molar-refractivity contribution is 0.0788. The van der Waals surface area contributed by atoms with Crippen LogP contribution in [0.15, 0.2) is 12.1 Å². The number of hydrogen-bond acceptors (Lipinski definition) is 3. The van der Waals surface area contributed by atoms with Crippen LogP contribution in [0.1, 0.15) is 30.3 Å². The summed E-state index contributed by atoms with van der Waals surface area (Å²) in [6.45, 7) is 2.81. The van der Waals surface area contributed by atoms with E-state index in [-0.39, 0.29) is 5.91 Å². The number of rotatable bonds is 5. The van der Waals surface area contributed by atoms with Crippen LogP contribution in [0.3, 0.4) is 0 Å². The lowest BCUT2D eigenvalue weighted by Crippen LogP contribution is -2.28. The van der Waals surface area contributed by atoms with E-state index in [1.54, 1.807) is 31.1 Å². The molecular weight excluding hydrogens is 238 g/mol. The summed E-state index contributed by atoms with van der Waals surface area (Å²) in [4.78, 5) is 17.9. The van der Waals surface area contributed by atoms with Crippen LogP contribution in [-0.4, -0.2) is 36.4 Å². The van der Waals surface area contributed by atoms with Crippen LogP contribution in [-0.2, 0) is 0 Å². The number of amides is 1. The van der Waals surface area contributed by atoms with Crippen LogP contribution in [0.2, 0.25) is 5.02 Å². The van der Waals surface area contributed by atoms with Gasteiger partial charge in [0.15, 0.2) is 0 Å². The Hall–Kier alpha value is -1.29.